The highest BCUT2D eigenvalue weighted by Gasteiger charge is 2.46. The van der Waals surface area contributed by atoms with Gasteiger partial charge in [-0.15, -0.1) is 0 Å². The molecule has 0 heterocycles. The SMILES string of the molecule is C=C1CCC(I)C/C1=C/C=C/C1CCC(C(C)CCCC(C)(C)O)C1(C)CCC. The molecule has 2 aliphatic rings. The first kappa shape index (κ1) is 25.2. The summed E-state index contributed by atoms with van der Waals surface area (Å²) in [6, 6.07) is 0. The lowest BCUT2D eigenvalue weighted by Gasteiger charge is -2.39. The Hall–Kier alpha value is -0.0900. The first-order valence-electron chi connectivity index (χ1n) is 12.0. The second kappa shape index (κ2) is 11.0. The third-order valence-corrected chi connectivity index (χ3v) is 8.77. The average molecular weight is 513 g/mol. The van der Waals surface area contributed by atoms with Gasteiger partial charge in [-0.3, -0.25) is 0 Å². The van der Waals surface area contributed by atoms with Crippen LogP contribution in [-0.4, -0.2) is 14.6 Å². The fourth-order valence-electron chi connectivity index (χ4n) is 5.98. The third-order valence-electron chi connectivity index (χ3n) is 7.70. The number of halogens is 1. The van der Waals surface area contributed by atoms with Crippen molar-refractivity contribution in [1.82, 2.24) is 0 Å². The molecular weight excluding hydrogens is 467 g/mol. The molecule has 0 aromatic heterocycles. The zero-order valence-corrected chi connectivity index (χ0v) is 21.8. The summed E-state index contributed by atoms with van der Waals surface area (Å²) >= 11 is 2.59. The monoisotopic (exact) mass is 512 g/mol. The number of allylic oxidation sites excluding steroid dienone is 5. The minimum Gasteiger partial charge on any atom is -0.390 e. The predicted octanol–water partition coefficient (Wildman–Crippen LogP) is 8.42. The van der Waals surface area contributed by atoms with Gasteiger partial charge < -0.3 is 5.11 Å². The average Bonchev–Trinajstić information content (AvgIpc) is 2.93. The van der Waals surface area contributed by atoms with Crippen LogP contribution in [0.5, 0.6) is 0 Å². The molecule has 166 valence electrons. The van der Waals surface area contributed by atoms with Gasteiger partial charge in [0.2, 0.25) is 0 Å². The van der Waals surface area contributed by atoms with Crippen LogP contribution in [0.15, 0.2) is 36.0 Å². The lowest BCUT2D eigenvalue weighted by molar-refractivity contribution is 0.0619. The van der Waals surface area contributed by atoms with E-state index in [9.17, 15) is 5.11 Å². The van der Waals surface area contributed by atoms with E-state index in [0.29, 0.717) is 11.3 Å². The lowest BCUT2D eigenvalue weighted by Crippen LogP contribution is -2.32. The third kappa shape index (κ3) is 7.23. The highest BCUT2D eigenvalue weighted by molar-refractivity contribution is 14.1. The molecule has 0 bridgehead atoms. The Morgan fingerprint density at radius 2 is 2.03 bits per heavy atom. The van der Waals surface area contributed by atoms with E-state index in [4.69, 9.17) is 0 Å². The van der Waals surface area contributed by atoms with Crippen LogP contribution >= 0.6 is 22.6 Å². The molecule has 2 aliphatic carbocycles. The van der Waals surface area contributed by atoms with Crippen molar-refractivity contribution in [1.29, 1.82) is 0 Å². The van der Waals surface area contributed by atoms with Crippen LogP contribution in [-0.2, 0) is 0 Å². The van der Waals surface area contributed by atoms with Gasteiger partial charge in [-0.25, -0.2) is 0 Å². The van der Waals surface area contributed by atoms with Crippen molar-refractivity contribution in [3.05, 3.63) is 36.0 Å². The number of aliphatic hydroxyl groups is 1. The fraction of sp³-hybridized carbons (Fsp3) is 0.778. The molecule has 0 aliphatic heterocycles. The van der Waals surface area contributed by atoms with Gasteiger partial charge in [0.05, 0.1) is 5.60 Å². The van der Waals surface area contributed by atoms with Crippen molar-refractivity contribution in [2.24, 2.45) is 23.2 Å². The van der Waals surface area contributed by atoms with E-state index in [-0.39, 0.29) is 0 Å². The molecule has 2 fully saturated rings. The normalized spacial score (nSPS) is 33.7. The Balaban J connectivity index is 2.04. The summed E-state index contributed by atoms with van der Waals surface area (Å²) in [7, 11) is 0. The Labute approximate surface area is 194 Å². The van der Waals surface area contributed by atoms with E-state index in [0.717, 1.165) is 35.0 Å². The molecule has 0 amide bonds. The lowest BCUT2D eigenvalue weighted by atomic mass is 9.66. The highest BCUT2D eigenvalue weighted by atomic mass is 127. The Morgan fingerprint density at radius 3 is 2.69 bits per heavy atom. The van der Waals surface area contributed by atoms with Crippen molar-refractivity contribution in [3.8, 4) is 0 Å². The van der Waals surface area contributed by atoms with Gasteiger partial charge >= 0.3 is 0 Å². The molecular formula is C27H45IO. The van der Waals surface area contributed by atoms with Crippen molar-refractivity contribution in [3.63, 3.8) is 0 Å². The largest absolute Gasteiger partial charge is 0.390 e. The van der Waals surface area contributed by atoms with Gasteiger partial charge in [0.1, 0.15) is 0 Å². The summed E-state index contributed by atoms with van der Waals surface area (Å²) < 4.78 is 0.767. The van der Waals surface area contributed by atoms with E-state index < -0.39 is 5.60 Å². The van der Waals surface area contributed by atoms with Crippen LogP contribution in [0.3, 0.4) is 0 Å². The second-order valence-electron chi connectivity index (χ2n) is 10.7. The van der Waals surface area contributed by atoms with Crippen molar-refractivity contribution < 1.29 is 5.11 Å². The standard InChI is InChI=1S/C27H45IO/c1-7-17-27(6)23(12-8-11-22-19-24(28)15-13-20(22)2)14-16-25(27)21(3)10-9-18-26(4,5)29/h8,11-12,21,23-25,29H,2,7,9-10,13-19H2,1,3-6H3/b12-8+,22-11-. The Bertz CT molecular complexity index is 596. The van der Waals surface area contributed by atoms with Crippen LogP contribution in [0.25, 0.3) is 0 Å². The summed E-state index contributed by atoms with van der Waals surface area (Å²) in [5.74, 6) is 2.23. The van der Waals surface area contributed by atoms with Crippen LogP contribution in [0, 0.1) is 23.2 Å². The summed E-state index contributed by atoms with van der Waals surface area (Å²) in [4.78, 5) is 0. The molecule has 0 aromatic carbocycles. The van der Waals surface area contributed by atoms with Crippen molar-refractivity contribution >= 4 is 22.6 Å². The number of hydrogen-bond acceptors (Lipinski definition) is 1. The minimum atomic E-state index is -0.527. The van der Waals surface area contributed by atoms with Gasteiger partial charge in [0.15, 0.2) is 0 Å². The molecule has 5 atom stereocenters. The van der Waals surface area contributed by atoms with E-state index >= 15 is 0 Å². The number of alkyl halides is 1. The summed E-state index contributed by atoms with van der Waals surface area (Å²) in [5, 5.41) is 10.0. The van der Waals surface area contributed by atoms with Gasteiger partial charge in [-0.05, 0) is 87.5 Å². The molecule has 0 radical (unpaired) electrons. The zero-order chi connectivity index (χ0) is 21.7. The van der Waals surface area contributed by atoms with Crippen LogP contribution in [0.2, 0.25) is 0 Å². The number of rotatable bonds is 9. The van der Waals surface area contributed by atoms with E-state index in [1.807, 2.05) is 13.8 Å². The Morgan fingerprint density at radius 1 is 1.31 bits per heavy atom. The molecule has 2 rings (SSSR count). The van der Waals surface area contributed by atoms with E-state index in [2.05, 4.69) is 68.2 Å². The predicted molar refractivity (Wildman–Crippen MR) is 137 cm³/mol. The summed E-state index contributed by atoms with van der Waals surface area (Å²) in [6.45, 7) is 15.5. The minimum absolute atomic E-state index is 0.410. The zero-order valence-electron chi connectivity index (χ0n) is 19.6. The van der Waals surface area contributed by atoms with Crippen LogP contribution in [0.1, 0.15) is 98.8 Å². The number of hydrogen-bond donors (Lipinski definition) is 1. The molecule has 0 spiro atoms. The van der Waals surface area contributed by atoms with Gasteiger partial charge in [-0.2, -0.15) is 0 Å². The van der Waals surface area contributed by atoms with E-state index in [1.54, 1.807) is 0 Å². The van der Waals surface area contributed by atoms with Crippen LogP contribution < -0.4 is 0 Å². The molecule has 2 heteroatoms. The molecule has 5 unspecified atom stereocenters. The van der Waals surface area contributed by atoms with Gasteiger partial charge in [0, 0.05) is 3.92 Å². The van der Waals surface area contributed by atoms with Crippen molar-refractivity contribution in [2.75, 3.05) is 0 Å². The maximum absolute atomic E-state index is 10.0. The maximum Gasteiger partial charge on any atom is 0.0591 e. The summed E-state index contributed by atoms with van der Waals surface area (Å²) in [5.41, 5.74) is 2.70. The van der Waals surface area contributed by atoms with Crippen molar-refractivity contribution in [2.45, 2.75) is 108 Å². The first-order chi connectivity index (χ1) is 13.6. The van der Waals surface area contributed by atoms with Gasteiger partial charge in [0.25, 0.3) is 0 Å². The van der Waals surface area contributed by atoms with E-state index in [1.165, 1.54) is 56.1 Å². The molecule has 1 nitrogen and oxygen atoms in total. The quantitative estimate of drug-likeness (QED) is 0.243. The fourth-order valence-corrected chi connectivity index (χ4v) is 6.77. The summed E-state index contributed by atoms with van der Waals surface area (Å²) in [6.07, 6.45) is 19.4. The maximum atomic E-state index is 10.0. The second-order valence-corrected chi connectivity index (χ2v) is 12.5. The smallest absolute Gasteiger partial charge is 0.0591 e. The van der Waals surface area contributed by atoms with Crippen LogP contribution in [0.4, 0.5) is 0 Å². The Kier molecular flexibility index (Phi) is 9.53. The molecule has 29 heavy (non-hydrogen) atoms. The molecule has 1 N–H and O–H groups in total. The molecule has 0 aromatic rings. The first-order valence-corrected chi connectivity index (χ1v) is 13.2. The highest BCUT2D eigenvalue weighted by Crippen LogP contribution is 2.55. The topological polar surface area (TPSA) is 20.2 Å². The van der Waals surface area contributed by atoms with Gasteiger partial charge in [-0.1, -0.05) is 93.0 Å². The molecule has 2 saturated carbocycles. The molecule has 0 saturated heterocycles.